The minimum Gasteiger partial charge on any atom is -0.465 e. The van der Waals surface area contributed by atoms with Crippen LogP contribution in [0.15, 0.2) is 72.8 Å². The van der Waals surface area contributed by atoms with Gasteiger partial charge < -0.3 is 4.74 Å². The molecule has 48 heavy (non-hydrogen) atoms. The third-order valence-electron chi connectivity index (χ3n) is 10.7. The van der Waals surface area contributed by atoms with E-state index in [1.165, 1.54) is 49.0 Å². The van der Waals surface area contributed by atoms with Crippen LogP contribution in [0.5, 0.6) is 0 Å². The van der Waals surface area contributed by atoms with E-state index < -0.39 is 23.6 Å². The van der Waals surface area contributed by atoms with Gasteiger partial charge in [0, 0.05) is 33.0 Å². The second-order valence-electron chi connectivity index (χ2n) is 13.5. The van der Waals surface area contributed by atoms with E-state index in [1.807, 2.05) is 24.3 Å². The molecule has 2 aliphatic heterocycles. The van der Waals surface area contributed by atoms with Crippen LogP contribution >= 0.6 is 0 Å². The molecule has 8 heteroatoms. The second kappa shape index (κ2) is 12.2. The third kappa shape index (κ3) is 5.11. The van der Waals surface area contributed by atoms with Crippen LogP contribution in [0.4, 0.5) is 11.4 Å². The molecular weight excluding hydrogens is 604 g/mol. The Bertz CT molecular complexity index is 1930. The molecule has 2 saturated carbocycles. The SMILES string of the molecule is O=C(Cc1cccc(N2C(=O)c3ccc4c5c(ccc(c35)C2=O)C(=O)N(c2ccc(C3CCCC3)cc2)C4=O)c1)OCCC1CCCC1. The summed E-state index contributed by atoms with van der Waals surface area (Å²) in [6.45, 7) is 0.395. The Kier molecular flexibility index (Phi) is 7.66. The maximum atomic E-state index is 14.0. The van der Waals surface area contributed by atoms with Crippen LogP contribution in [-0.4, -0.2) is 36.2 Å². The summed E-state index contributed by atoms with van der Waals surface area (Å²) in [5, 5.41) is 0.644. The van der Waals surface area contributed by atoms with E-state index in [0.717, 1.165) is 24.2 Å². The number of esters is 1. The molecule has 0 bridgehead atoms. The summed E-state index contributed by atoms with van der Waals surface area (Å²) in [6.07, 6.45) is 10.5. The summed E-state index contributed by atoms with van der Waals surface area (Å²) in [4.78, 5) is 70.6. The van der Waals surface area contributed by atoms with Crippen molar-refractivity contribution in [2.45, 2.75) is 70.1 Å². The molecule has 0 atom stereocenters. The van der Waals surface area contributed by atoms with E-state index in [0.29, 0.717) is 46.2 Å². The van der Waals surface area contributed by atoms with Gasteiger partial charge in [-0.3, -0.25) is 24.0 Å². The first-order valence-corrected chi connectivity index (χ1v) is 17.1. The van der Waals surface area contributed by atoms with Gasteiger partial charge >= 0.3 is 5.97 Å². The van der Waals surface area contributed by atoms with Gasteiger partial charge in [-0.25, -0.2) is 9.80 Å². The van der Waals surface area contributed by atoms with Crippen molar-refractivity contribution in [3.63, 3.8) is 0 Å². The number of rotatable bonds is 8. The number of carbonyl (C=O) groups excluding carboxylic acids is 5. The Morgan fingerprint density at radius 1 is 0.625 bits per heavy atom. The molecule has 2 heterocycles. The van der Waals surface area contributed by atoms with Gasteiger partial charge in [-0.1, -0.05) is 62.8 Å². The lowest BCUT2D eigenvalue weighted by Crippen LogP contribution is -2.43. The van der Waals surface area contributed by atoms with E-state index in [-0.39, 0.29) is 34.6 Å². The van der Waals surface area contributed by atoms with Crippen molar-refractivity contribution < 1.29 is 28.7 Å². The zero-order chi connectivity index (χ0) is 32.9. The lowest BCUT2D eigenvalue weighted by atomic mass is 9.85. The van der Waals surface area contributed by atoms with Gasteiger partial charge in [-0.2, -0.15) is 0 Å². The lowest BCUT2D eigenvalue weighted by molar-refractivity contribution is -0.143. The number of amides is 4. The number of anilines is 2. The third-order valence-corrected chi connectivity index (χ3v) is 10.7. The number of imide groups is 2. The molecule has 8 rings (SSSR count). The Labute approximate surface area is 278 Å². The topological polar surface area (TPSA) is 101 Å². The fraction of sp³-hybridized carbons (Fsp3) is 0.325. The van der Waals surface area contributed by atoms with E-state index in [2.05, 4.69) is 0 Å². The minimum atomic E-state index is -0.558. The number of hydrogen-bond donors (Lipinski definition) is 0. The molecular formula is C40H36N2O6. The van der Waals surface area contributed by atoms with Crippen molar-refractivity contribution >= 4 is 51.7 Å². The molecule has 8 nitrogen and oxygen atoms in total. The number of hydrogen-bond acceptors (Lipinski definition) is 6. The number of carbonyl (C=O) groups is 5. The van der Waals surface area contributed by atoms with Crippen LogP contribution in [0.3, 0.4) is 0 Å². The first-order chi connectivity index (χ1) is 23.4. The van der Waals surface area contributed by atoms with Crippen molar-refractivity contribution in [3.8, 4) is 0 Å². The zero-order valence-electron chi connectivity index (χ0n) is 26.7. The normalized spacial score (nSPS) is 18.0. The van der Waals surface area contributed by atoms with E-state index in [4.69, 9.17) is 4.74 Å². The van der Waals surface area contributed by atoms with Gasteiger partial charge in [0.25, 0.3) is 23.6 Å². The number of nitrogens with zero attached hydrogens (tertiary/aromatic N) is 2. The van der Waals surface area contributed by atoms with Crippen molar-refractivity contribution in [2.24, 2.45) is 5.92 Å². The molecule has 4 aromatic rings. The highest BCUT2D eigenvalue weighted by atomic mass is 16.5. The number of benzene rings is 4. The summed E-state index contributed by atoms with van der Waals surface area (Å²) in [5.41, 5.74) is 3.67. The molecule has 2 aliphatic carbocycles. The molecule has 4 aliphatic rings. The predicted molar refractivity (Wildman–Crippen MR) is 182 cm³/mol. The average molecular weight is 641 g/mol. The summed E-state index contributed by atoms with van der Waals surface area (Å²) < 4.78 is 5.49. The Balaban J connectivity index is 1.06. The highest BCUT2D eigenvalue weighted by Gasteiger charge is 2.40. The smallest absolute Gasteiger partial charge is 0.310 e. The summed E-state index contributed by atoms with van der Waals surface area (Å²) in [5.74, 6) is -1.31. The van der Waals surface area contributed by atoms with E-state index in [9.17, 15) is 24.0 Å². The van der Waals surface area contributed by atoms with Crippen molar-refractivity contribution in [3.05, 3.63) is 106 Å². The highest BCUT2D eigenvalue weighted by molar-refractivity contribution is 6.42. The molecule has 2 fully saturated rings. The molecule has 4 aromatic carbocycles. The second-order valence-corrected chi connectivity index (χ2v) is 13.5. The summed E-state index contributed by atoms with van der Waals surface area (Å²) >= 11 is 0. The largest absolute Gasteiger partial charge is 0.465 e. The Morgan fingerprint density at radius 2 is 1.15 bits per heavy atom. The van der Waals surface area contributed by atoms with Gasteiger partial charge in [0.1, 0.15) is 0 Å². The van der Waals surface area contributed by atoms with Crippen molar-refractivity contribution in [2.75, 3.05) is 16.4 Å². The molecule has 0 aromatic heterocycles. The maximum Gasteiger partial charge on any atom is 0.310 e. The van der Waals surface area contributed by atoms with Crippen molar-refractivity contribution in [1.29, 1.82) is 0 Å². The van der Waals surface area contributed by atoms with Gasteiger partial charge in [0.15, 0.2) is 0 Å². The molecule has 0 saturated heterocycles. The molecule has 0 radical (unpaired) electrons. The van der Waals surface area contributed by atoms with Gasteiger partial charge in [-0.05, 0) is 90.8 Å². The van der Waals surface area contributed by atoms with E-state index in [1.54, 1.807) is 48.5 Å². The number of ether oxygens (including phenoxy) is 1. The quantitative estimate of drug-likeness (QED) is 0.144. The fourth-order valence-electron chi connectivity index (χ4n) is 8.16. The minimum absolute atomic E-state index is 0.0254. The molecule has 0 unspecified atom stereocenters. The van der Waals surface area contributed by atoms with Gasteiger partial charge in [-0.15, -0.1) is 0 Å². The lowest BCUT2D eigenvalue weighted by Gasteiger charge is -2.32. The predicted octanol–water partition coefficient (Wildman–Crippen LogP) is 7.76. The van der Waals surface area contributed by atoms with Crippen molar-refractivity contribution in [1.82, 2.24) is 0 Å². The molecule has 0 spiro atoms. The van der Waals surface area contributed by atoms with Crippen LogP contribution in [0.1, 0.15) is 116 Å². The van der Waals surface area contributed by atoms with Crippen LogP contribution in [-0.2, 0) is 16.0 Å². The van der Waals surface area contributed by atoms with Gasteiger partial charge in [0.2, 0.25) is 0 Å². The first-order valence-electron chi connectivity index (χ1n) is 17.1. The Morgan fingerprint density at radius 3 is 1.71 bits per heavy atom. The first kappa shape index (κ1) is 30.2. The monoisotopic (exact) mass is 640 g/mol. The van der Waals surface area contributed by atoms with Gasteiger partial charge in [0.05, 0.1) is 24.4 Å². The van der Waals surface area contributed by atoms with E-state index >= 15 is 0 Å². The molecule has 4 amide bonds. The van der Waals surface area contributed by atoms with Crippen LogP contribution < -0.4 is 9.80 Å². The average Bonchev–Trinajstić information content (AvgIpc) is 3.83. The van der Waals surface area contributed by atoms with Crippen LogP contribution in [0.2, 0.25) is 0 Å². The van der Waals surface area contributed by atoms with Crippen LogP contribution in [0, 0.1) is 5.92 Å². The Hall–Kier alpha value is -5.11. The molecule has 242 valence electrons. The maximum absolute atomic E-state index is 14.0. The van der Waals surface area contributed by atoms with Crippen LogP contribution in [0.25, 0.3) is 10.8 Å². The highest BCUT2D eigenvalue weighted by Crippen LogP contribution is 2.41. The standard InChI is InChI=1S/C40H36N2O6/c43-34(48-21-20-24-6-1-2-7-24)23-25-8-5-11-29(22-25)42-39(46)32-18-16-30-35-31(17-19-33(36(32)35)40(42)47)38(45)41(37(30)44)28-14-12-27(13-15-28)26-9-3-4-10-26/h5,8,11-19,22,24,26H,1-4,6-7,9-10,20-21,23H2. The molecule has 0 N–H and O–H groups in total. The summed E-state index contributed by atoms with van der Waals surface area (Å²) in [6, 6.07) is 20.7. The zero-order valence-corrected chi connectivity index (χ0v) is 26.7. The fourth-order valence-corrected chi connectivity index (χ4v) is 8.16. The summed E-state index contributed by atoms with van der Waals surface area (Å²) in [7, 11) is 0.